The molecule has 0 N–H and O–H groups in total. The molecule has 0 fully saturated rings. The van der Waals surface area contributed by atoms with Crippen LogP contribution in [0, 0.1) is 0 Å². The van der Waals surface area contributed by atoms with Gasteiger partial charge in [0.1, 0.15) is 5.75 Å². The second-order valence-corrected chi connectivity index (χ2v) is 11.9. The molecule has 1 atom stereocenters. The van der Waals surface area contributed by atoms with Gasteiger partial charge in [-0.1, -0.05) is 53.8 Å². The molecule has 0 radical (unpaired) electrons. The van der Waals surface area contributed by atoms with Crippen molar-refractivity contribution in [3.8, 4) is 17.2 Å². The van der Waals surface area contributed by atoms with Crippen LogP contribution in [0.5, 0.6) is 17.2 Å². The van der Waals surface area contributed by atoms with E-state index in [1.807, 2.05) is 61.5 Å². The van der Waals surface area contributed by atoms with E-state index < -0.39 is 18.0 Å². The number of thiazole rings is 1. The van der Waals surface area contributed by atoms with Gasteiger partial charge in [0.15, 0.2) is 22.9 Å². The Labute approximate surface area is 283 Å². The van der Waals surface area contributed by atoms with Crippen LogP contribution in [0.1, 0.15) is 43.5 Å². The third kappa shape index (κ3) is 7.34. The standard InChI is InChI=1S/C35H33BrN2O8S/c1-5-43-24-15-13-23(14-16-24)31-29(34(41)45-7-3)30(22-11-9-8-10-12-22)37-35-38(31)33(40)27(47-35)19-21-17-25(36)32(26(18-21)42-4)46-20-28(39)44-6-2/h8-19,31H,5-7,20H2,1-4H3/b27-19-/t31-/m0/s1. The van der Waals surface area contributed by atoms with E-state index in [4.69, 9.17) is 28.7 Å². The van der Waals surface area contributed by atoms with E-state index in [1.54, 1.807) is 32.1 Å². The predicted molar refractivity (Wildman–Crippen MR) is 181 cm³/mol. The van der Waals surface area contributed by atoms with Gasteiger partial charge in [-0.05, 0) is 78.2 Å². The summed E-state index contributed by atoms with van der Waals surface area (Å²) in [4.78, 5) is 45.1. The number of benzene rings is 3. The van der Waals surface area contributed by atoms with Crippen LogP contribution in [-0.4, -0.2) is 50.0 Å². The number of fused-ring (bicyclic) bond motifs is 1. The van der Waals surface area contributed by atoms with Gasteiger partial charge >= 0.3 is 11.9 Å². The lowest BCUT2D eigenvalue weighted by Crippen LogP contribution is -2.40. The largest absolute Gasteiger partial charge is 0.494 e. The maximum atomic E-state index is 14.2. The molecule has 47 heavy (non-hydrogen) atoms. The SMILES string of the molecule is CCOC(=O)COc1c(Br)cc(/C=c2\sc3n(c2=O)[C@@H](c2ccc(OCC)cc2)C(C(=O)OCC)=C(c2ccccc2)N=3)cc1OC. The van der Waals surface area contributed by atoms with Gasteiger partial charge in [-0.2, -0.15) is 0 Å². The van der Waals surface area contributed by atoms with Crippen LogP contribution < -0.4 is 29.1 Å². The summed E-state index contributed by atoms with van der Waals surface area (Å²) in [5.74, 6) is 0.274. The zero-order valence-electron chi connectivity index (χ0n) is 26.3. The molecule has 244 valence electrons. The molecule has 0 spiro atoms. The fraction of sp³-hybridized carbons (Fsp3) is 0.257. The van der Waals surface area contributed by atoms with E-state index in [0.717, 1.165) is 5.56 Å². The summed E-state index contributed by atoms with van der Waals surface area (Å²) in [6.45, 7) is 5.96. The smallest absolute Gasteiger partial charge is 0.344 e. The number of carbonyl (C=O) groups excluding carboxylic acids is 2. The van der Waals surface area contributed by atoms with Crippen molar-refractivity contribution < 1.29 is 33.3 Å². The highest BCUT2D eigenvalue weighted by molar-refractivity contribution is 9.10. The van der Waals surface area contributed by atoms with E-state index >= 15 is 0 Å². The average molecular weight is 722 g/mol. The van der Waals surface area contributed by atoms with Crippen molar-refractivity contribution in [2.75, 3.05) is 33.5 Å². The summed E-state index contributed by atoms with van der Waals surface area (Å²) < 4.78 is 29.8. The summed E-state index contributed by atoms with van der Waals surface area (Å²) in [6, 6.07) is 19.3. The summed E-state index contributed by atoms with van der Waals surface area (Å²) in [5.41, 5.74) is 2.40. The maximum absolute atomic E-state index is 14.2. The fourth-order valence-corrected chi connectivity index (χ4v) is 6.69. The molecule has 0 aliphatic carbocycles. The van der Waals surface area contributed by atoms with Gasteiger partial charge in [-0.3, -0.25) is 9.36 Å². The minimum absolute atomic E-state index is 0.154. The van der Waals surface area contributed by atoms with Gasteiger partial charge in [-0.15, -0.1) is 0 Å². The lowest BCUT2D eigenvalue weighted by molar-refractivity contribution is -0.145. The second-order valence-electron chi connectivity index (χ2n) is 10.1. The Balaban J connectivity index is 1.69. The van der Waals surface area contributed by atoms with Crippen molar-refractivity contribution in [3.05, 3.63) is 113 Å². The van der Waals surface area contributed by atoms with Crippen LogP contribution in [-0.2, 0) is 19.1 Å². The maximum Gasteiger partial charge on any atom is 0.344 e. The van der Waals surface area contributed by atoms with Crippen molar-refractivity contribution in [2.45, 2.75) is 26.8 Å². The number of rotatable bonds is 12. The highest BCUT2D eigenvalue weighted by Gasteiger charge is 2.35. The summed E-state index contributed by atoms with van der Waals surface area (Å²) in [7, 11) is 1.48. The first-order valence-corrected chi connectivity index (χ1v) is 16.6. The molecule has 4 aromatic rings. The highest BCUT2D eigenvalue weighted by Crippen LogP contribution is 2.38. The molecule has 2 heterocycles. The number of hydrogen-bond acceptors (Lipinski definition) is 10. The number of carbonyl (C=O) groups is 2. The van der Waals surface area contributed by atoms with Gasteiger partial charge in [0.05, 0.1) is 53.2 Å². The first-order chi connectivity index (χ1) is 22.8. The number of nitrogens with zero attached hydrogens (tertiary/aromatic N) is 2. The zero-order valence-corrected chi connectivity index (χ0v) is 28.7. The molecule has 1 aromatic heterocycles. The molecule has 1 aliphatic rings. The molecule has 0 amide bonds. The van der Waals surface area contributed by atoms with E-state index in [-0.39, 0.29) is 31.0 Å². The first kappa shape index (κ1) is 33.7. The average Bonchev–Trinajstić information content (AvgIpc) is 3.38. The van der Waals surface area contributed by atoms with Crippen molar-refractivity contribution in [1.82, 2.24) is 4.57 Å². The Morgan fingerprint density at radius 1 is 0.957 bits per heavy atom. The Hall–Kier alpha value is -4.68. The molecule has 1 aliphatic heterocycles. The molecule has 0 unspecified atom stereocenters. The molecular weight excluding hydrogens is 688 g/mol. The van der Waals surface area contributed by atoms with Gasteiger partial charge in [0.25, 0.3) is 5.56 Å². The fourth-order valence-electron chi connectivity index (χ4n) is 5.12. The first-order valence-electron chi connectivity index (χ1n) is 15.0. The normalized spacial score (nSPS) is 14.2. The number of halogens is 1. The summed E-state index contributed by atoms with van der Waals surface area (Å²) in [6.07, 6.45) is 1.72. The summed E-state index contributed by atoms with van der Waals surface area (Å²) >= 11 is 4.71. The lowest BCUT2D eigenvalue weighted by atomic mass is 9.93. The van der Waals surface area contributed by atoms with Crippen LogP contribution in [0.4, 0.5) is 0 Å². The molecule has 5 rings (SSSR count). The Bertz CT molecular complexity index is 1980. The number of aromatic nitrogens is 1. The highest BCUT2D eigenvalue weighted by atomic mass is 79.9. The van der Waals surface area contributed by atoms with E-state index in [2.05, 4.69) is 15.9 Å². The predicted octanol–water partition coefficient (Wildman–Crippen LogP) is 5.05. The van der Waals surface area contributed by atoms with Gasteiger partial charge in [-0.25, -0.2) is 14.6 Å². The van der Waals surface area contributed by atoms with Gasteiger partial charge in [0.2, 0.25) is 0 Å². The van der Waals surface area contributed by atoms with Crippen molar-refractivity contribution in [3.63, 3.8) is 0 Å². The van der Waals surface area contributed by atoms with Crippen LogP contribution in [0.3, 0.4) is 0 Å². The molecule has 0 saturated carbocycles. The number of esters is 2. The van der Waals surface area contributed by atoms with Crippen molar-refractivity contribution in [2.24, 2.45) is 4.99 Å². The Morgan fingerprint density at radius 3 is 2.34 bits per heavy atom. The van der Waals surface area contributed by atoms with Gasteiger partial charge in [0, 0.05) is 5.56 Å². The van der Waals surface area contributed by atoms with E-state index in [0.29, 0.717) is 54.5 Å². The van der Waals surface area contributed by atoms with Crippen molar-refractivity contribution >= 4 is 51.0 Å². The number of hydrogen-bond donors (Lipinski definition) is 0. The zero-order chi connectivity index (χ0) is 33.5. The third-order valence-electron chi connectivity index (χ3n) is 7.07. The van der Waals surface area contributed by atoms with Crippen molar-refractivity contribution in [1.29, 1.82) is 0 Å². The molecule has 0 bridgehead atoms. The van der Waals surface area contributed by atoms with E-state index in [9.17, 15) is 14.4 Å². The molecule has 10 nitrogen and oxygen atoms in total. The molecule has 0 saturated heterocycles. The minimum Gasteiger partial charge on any atom is -0.494 e. The minimum atomic E-state index is -0.821. The molecular formula is C35H33BrN2O8S. The summed E-state index contributed by atoms with van der Waals surface area (Å²) in [5, 5.41) is 0. The Morgan fingerprint density at radius 2 is 1.68 bits per heavy atom. The third-order valence-corrected chi connectivity index (χ3v) is 8.64. The lowest BCUT2D eigenvalue weighted by Gasteiger charge is -2.26. The quantitative estimate of drug-likeness (QED) is 0.187. The monoisotopic (exact) mass is 720 g/mol. The molecule has 12 heteroatoms. The van der Waals surface area contributed by atoms with Crippen LogP contribution in [0.25, 0.3) is 11.8 Å². The van der Waals surface area contributed by atoms with Crippen LogP contribution in [0.15, 0.2) is 86.6 Å². The number of methoxy groups -OCH3 is 1. The second kappa shape index (κ2) is 15.3. The van der Waals surface area contributed by atoms with Crippen LogP contribution in [0.2, 0.25) is 0 Å². The van der Waals surface area contributed by atoms with E-state index in [1.165, 1.54) is 23.0 Å². The molecule has 3 aromatic carbocycles. The Kier molecular flexibility index (Phi) is 10.9. The van der Waals surface area contributed by atoms with Crippen LogP contribution >= 0.6 is 27.3 Å². The van der Waals surface area contributed by atoms with Gasteiger partial charge < -0.3 is 23.7 Å². The topological polar surface area (TPSA) is 115 Å². The number of ether oxygens (including phenoxy) is 5.